The average Bonchev–Trinajstić information content (AvgIpc) is 3.03. The number of furan rings is 1. The van der Waals surface area contributed by atoms with Crippen LogP contribution in [0.3, 0.4) is 0 Å². The van der Waals surface area contributed by atoms with Crippen LogP contribution >= 0.6 is 0 Å². The van der Waals surface area contributed by atoms with E-state index >= 15 is 0 Å². The van der Waals surface area contributed by atoms with Crippen LogP contribution in [0.4, 0.5) is 0 Å². The number of imidazole rings is 1. The van der Waals surface area contributed by atoms with Gasteiger partial charge in [-0.25, -0.2) is 4.98 Å². The Morgan fingerprint density at radius 1 is 1.25 bits per heavy atom. The molecular formula is C13H16N2O. The predicted octanol–water partition coefficient (Wildman–Crippen LogP) is 3.44. The highest BCUT2D eigenvalue weighted by Gasteiger charge is 2.30. The molecule has 0 spiro atoms. The molecule has 3 nitrogen and oxygen atoms in total. The molecule has 2 heterocycles. The lowest BCUT2D eigenvalue weighted by atomic mass is 9.77. The molecule has 16 heavy (non-hydrogen) atoms. The summed E-state index contributed by atoms with van der Waals surface area (Å²) in [5, 5.41) is 0. The summed E-state index contributed by atoms with van der Waals surface area (Å²) in [7, 11) is 0. The summed E-state index contributed by atoms with van der Waals surface area (Å²) in [6.45, 7) is 0. The van der Waals surface area contributed by atoms with E-state index in [1.165, 1.54) is 25.7 Å². The maximum absolute atomic E-state index is 5.56. The van der Waals surface area contributed by atoms with E-state index in [9.17, 15) is 0 Å². The Morgan fingerprint density at radius 2 is 2.12 bits per heavy atom. The summed E-state index contributed by atoms with van der Waals surface area (Å²) in [5.41, 5.74) is 0. The van der Waals surface area contributed by atoms with Crippen LogP contribution in [0.2, 0.25) is 0 Å². The molecule has 84 valence electrons. The van der Waals surface area contributed by atoms with Crippen molar-refractivity contribution < 1.29 is 4.42 Å². The Kier molecular flexibility index (Phi) is 2.52. The van der Waals surface area contributed by atoms with Gasteiger partial charge in [0.25, 0.3) is 0 Å². The fourth-order valence-corrected chi connectivity index (χ4v) is 2.78. The van der Waals surface area contributed by atoms with Gasteiger partial charge in [0.2, 0.25) is 0 Å². The van der Waals surface area contributed by atoms with Crippen molar-refractivity contribution in [2.75, 3.05) is 0 Å². The maximum Gasteiger partial charge on any atom is 0.109 e. The van der Waals surface area contributed by atoms with E-state index in [0.29, 0.717) is 11.8 Å². The van der Waals surface area contributed by atoms with Crippen LogP contribution in [-0.4, -0.2) is 9.97 Å². The van der Waals surface area contributed by atoms with Gasteiger partial charge < -0.3 is 9.40 Å². The number of hydrogen-bond acceptors (Lipinski definition) is 2. The van der Waals surface area contributed by atoms with Gasteiger partial charge in [0.15, 0.2) is 0 Å². The Bertz CT molecular complexity index is 376. The highest BCUT2D eigenvalue weighted by molar-refractivity contribution is 5.15. The number of hydrogen-bond donors (Lipinski definition) is 1. The third kappa shape index (κ3) is 1.66. The molecule has 3 heteroatoms. The summed E-state index contributed by atoms with van der Waals surface area (Å²) in [4.78, 5) is 7.65. The summed E-state index contributed by atoms with van der Waals surface area (Å²) < 4.78 is 5.56. The van der Waals surface area contributed by atoms with E-state index in [2.05, 4.69) is 16.0 Å². The number of rotatable bonds is 2. The van der Waals surface area contributed by atoms with Gasteiger partial charge in [-0.05, 0) is 25.0 Å². The smallest absolute Gasteiger partial charge is 0.109 e. The summed E-state index contributed by atoms with van der Waals surface area (Å²) in [5.74, 6) is 3.21. The fourth-order valence-electron chi connectivity index (χ4n) is 2.78. The molecular weight excluding hydrogens is 200 g/mol. The minimum atomic E-state index is 0.495. The second kappa shape index (κ2) is 4.16. The Labute approximate surface area is 94.9 Å². The largest absolute Gasteiger partial charge is 0.469 e. The van der Waals surface area contributed by atoms with Crippen LogP contribution < -0.4 is 0 Å². The zero-order chi connectivity index (χ0) is 10.8. The van der Waals surface area contributed by atoms with Gasteiger partial charge >= 0.3 is 0 Å². The van der Waals surface area contributed by atoms with Crippen molar-refractivity contribution in [2.24, 2.45) is 0 Å². The lowest BCUT2D eigenvalue weighted by Crippen LogP contribution is -2.16. The molecule has 1 fully saturated rings. The first-order valence-electron chi connectivity index (χ1n) is 5.98. The lowest BCUT2D eigenvalue weighted by molar-refractivity contribution is 0.327. The van der Waals surface area contributed by atoms with Gasteiger partial charge in [-0.15, -0.1) is 0 Å². The topological polar surface area (TPSA) is 41.8 Å². The zero-order valence-corrected chi connectivity index (χ0v) is 9.23. The molecule has 2 unspecified atom stereocenters. The van der Waals surface area contributed by atoms with E-state index in [1.807, 2.05) is 18.5 Å². The Hall–Kier alpha value is -1.51. The second-order valence-corrected chi connectivity index (χ2v) is 4.49. The molecule has 0 bridgehead atoms. The first-order chi connectivity index (χ1) is 7.95. The Balaban J connectivity index is 1.90. The molecule has 1 saturated carbocycles. The Morgan fingerprint density at radius 3 is 2.81 bits per heavy atom. The molecule has 3 rings (SSSR count). The number of nitrogens with one attached hydrogen (secondary N) is 1. The molecule has 2 aromatic rings. The number of aromatic nitrogens is 2. The summed E-state index contributed by atoms with van der Waals surface area (Å²) in [6.07, 6.45) is 10.5. The van der Waals surface area contributed by atoms with Gasteiger partial charge in [-0.1, -0.05) is 12.8 Å². The van der Waals surface area contributed by atoms with E-state index in [1.54, 1.807) is 6.26 Å². The van der Waals surface area contributed by atoms with Gasteiger partial charge in [0.1, 0.15) is 11.6 Å². The highest BCUT2D eigenvalue weighted by Crippen LogP contribution is 2.42. The molecule has 1 N–H and O–H groups in total. The minimum absolute atomic E-state index is 0.495. The van der Waals surface area contributed by atoms with Crippen molar-refractivity contribution in [3.8, 4) is 0 Å². The molecule has 1 aliphatic carbocycles. The first kappa shape index (κ1) is 9.70. The molecule has 0 aromatic carbocycles. The standard InChI is InChI=1S/C13H16N2O/c1-2-5-11(13-14-7-8-15-13)10(4-1)12-6-3-9-16-12/h3,6-11H,1-2,4-5H2,(H,14,15). The molecule has 0 saturated heterocycles. The molecule has 0 amide bonds. The van der Waals surface area contributed by atoms with Crippen LogP contribution in [-0.2, 0) is 0 Å². The molecule has 0 radical (unpaired) electrons. The van der Waals surface area contributed by atoms with E-state index in [-0.39, 0.29) is 0 Å². The normalized spacial score (nSPS) is 25.8. The monoisotopic (exact) mass is 216 g/mol. The average molecular weight is 216 g/mol. The summed E-state index contributed by atoms with van der Waals surface area (Å²) >= 11 is 0. The second-order valence-electron chi connectivity index (χ2n) is 4.49. The molecule has 2 atom stereocenters. The van der Waals surface area contributed by atoms with Crippen molar-refractivity contribution in [3.63, 3.8) is 0 Å². The van der Waals surface area contributed by atoms with Crippen molar-refractivity contribution in [2.45, 2.75) is 37.5 Å². The van der Waals surface area contributed by atoms with Gasteiger partial charge in [-0.2, -0.15) is 0 Å². The quantitative estimate of drug-likeness (QED) is 0.835. The fraction of sp³-hybridized carbons (Fsp3) is 0.462. The van der Waals surface area contributed by atoms with Crippen LogP contribution in [0.5, 0.6) is 0 Å². The summed E-state index contributed by atoms with van der Waals surface area (Å²) in [6, 6.07) is 4.06. The molecule has 1 aliphatic rings. The van der Waals surface area contributed by atoms with Gasteiger partial charge in [0.05, 0.1) is 6.26 Å². The van der Waals surface area contributed by atoms with Crippen molar-refractivity contribution in [3.05, 3.63) is 42.4 Å². The highest BCUT2D eigenvalue weighted by atomic mass is 16.3. The van der Waals surface area contributed by atoms with Crippen molar-refractivity contribution in [1.82, 2.24) is 9.97 Å². The molecule has 2 aromatic heterocycles. The van der Waals surface area contributed by atoms with Crippen LogP contribution in [0.25, 0.3) is 0 Å². The number of nitrogens with zero attached hydrogens (tertiary/aromatic N) is 1. The zero-order valence-electron chi connectivity index (χ0n) is 9.23. The molecule has 0 aliphatic heterocycles. The van der Waals surface area contributed by atoms with E-state index in [4.69, 9.17) is 4.42 Å². The minimum Gasteiger partial charge on any atom is -0.469 e. The predicted molar refractivity (Wildman–Crippen MR) is 61.2 cm³/mol. The van der Waals surface area contributed by atoms with Crippen molar-refractivity contribution >= 4 is 0 Å². The van der Waals surface area contributed by atoms with Gasteiger partial charge in [-0.3, -0.25) is 0 Å². The van der Waals surface area contributed by atoms with Crippen LogP contribution in [0.15, 0.2) is 35.2 Å². The van der Waals surface area contributed by atoms with E-state index in [0.717, 1.165) is 11.6 Å². The first-order valence-corrected chi connectivity index (χ1v) is 5.98. The van der Waals surface area contributed by atoms with Crippen molar-refractivity contribution in [1.29, 1.82) is 0 Å². The van der Waals surface area contributed by atoms with Gasteiger partial charge in [0, 0.05) is 24.2 Å². The van der Waals surface area contributed by atoms with Crippen LogP contribution in [0.1, 0.15) is 49.1 Å². The van der Waals surface area contributed by atoms with E-state index < -0.39 is 0 Å². The van der Waals surface area contributed by atoms with Crippen LogP contribution in [0, 0.1) is 0 Å². The third-order valence-electron chi connectivity index (χ3n) is 3.55. The third-order valence-corrected chi connectivity index (χ3v) is 3.55. The number of H-pyrrole nitrogens is 1. The maximum atomic E-state index is 5.56. The lowest BCUT2D eigenvalue weighted by Gasteiger charge is -2.28. The number of aromatic amines is 1. The SMILES string of the molecule is c1coc(C2CCCCC2c2ncc[nH]2)c1.